The smallest absolute Gasteiger partial charge is 0.240 e. The number of anilines is 1. The van der Waals surface area contributed by atoms with Crippen LogP contribution in [0.15, 0.2) is 66.2 Å². The van der Waals surface area contributed by atoms with Crippen molar-refractivity contribution in [2.75, 3.05) is 4.90 Å². The lowest BCUT2D eigenvalue weighted by Crippen LogP contribution is -2.44. The number of ketones is 1. The highest BCUT2D eigenvalue weighted by Crippen LogP contribution is 2.54. The molecule has 6 rings (SSSR count). The van der Waals surface area contributed by atoms with Gasteiger partial charge in [-0.3, -0.25) is 14.4 Å². The lowest BCUT2D eigenvalue weighted by atomic mass is 9.84. The Balaban J connectivity index is 1.52. The third kappa shape index (κ3) is 2.87. The summed E-state index contributed by atoms with van der Waals surface area (Å²) < 4.78 is 0. The number of nitrogens with zero attached hydrogens (tertiary/aromatic N) is 2. The third-order valence-electron chi connectivity index (χ3n) is 6.91. The zero-order chi connectivity index (χ0) is 22.9. The molecule has 0 bridgehead atoms. The van der Waals surface area contributed by atoms with Crippen molar-refractivity contribution in [3.63, 3.8) is 0 Å². The van der Waals surface area contributed by atoms with Crippen molar-refractivity contribution in [3.05, 3.63) is 92.8 Å². The topological polar surface area (TPSA) is 57.7 Å². The third-order valence-corrected chi connectivity index (χ3v) is 8.03. The van der Waals surface area contributed by atoms with Crippen LogP contribution in [0.25, 0.3) is 6.08 Å². The number of amides is 2. The van der Waals surface area contributed by atoms with E-state index in [1.807, 2.05) is 59.8 Å². The summed E-state index contributed by atoms with van der Waals surface area (Å²) in [7, 11) is 0. The fraction of sp³-hybridized carbons (Fsp3) is 0.192. The summed E-state index contributed by atoms with van der Waals surface area (Å²) in [4.78, 5) is 45.2. The van der Waals surface area contributed by atoms with Crippen molar-refractivity contribution >= 4 is 52.3 Å². The Morgan fingerprint density at radius 3 is 2.58 bits per heavy atom. The molecule has 0 radical (unpaired) electrons. The zero-order valence-electron chi connectivity index (χ0n) is 17.6. The molecule has 4 atom stereocenters. The van der Waals surface area contributed by atoms with Gasteiger partial charge in [0.25, 0.3) is 0 Å². The number of carbonyl (C=O) groups is 3. The van der Waals surface area contributed by atoms with Gasteiger partial charge in [0.2, 0.25) is 11.8 Å². The van der Waals surface area contributed by atoms with Crippen LogP contribution in [0, 0.1) is 18.8 Å². The average Bonchev–Trinajstić information content (AvgIpc) is 3.52. The molecule has 2 amide bonds. The van der Waals surface area contributed by atoms with Crippen molar-refractivity contribution < 1.29 is 14.4 Å². The maximum Gasteiger partial charge on any atom is 0.240 e. The zero-order valence-corrected chi connectivity index (χ0v) is 19.2. The number of hydrogen-bond donors (Lipinski definition) is 0. The minimum Gasteiger partial charge on any atom is -0.358 e. The number of Topliss-reactive ketones (excluding diaryl/α,β-unsaturated/α-hetero) is 1. The second kappa shape index (κ2) is 7.40. The van der Waals surface area contributed by atoms with Crippen LogP contribution in [0.3, 0.4) is 0 Å². The summed E-state index contributed by atoms with van der Waals surface area (Å²) in [5, 5.41) is 2.30. The van der Waals surface area contributed by atoms with E-state index in [2.05, 4.69) is 0 Å². The molecule has 2 aromatic carbocycles. The molecule has 0 unspecified atom stereocenters. The van der Waals surface area contributed by atoms with Crippen molar-refractivity contribution in [2.45, 2.75) is 19.0 Å². The minimum atomic E-state index is -0.772. The maximum atomic E-state index is 13.9. The van der Waals surface area contributed by atoms with Crippen molar-refractivity contribution in [1.29, 1.82) is 0 Å². The van der Waals surface area contributed by atoms with Crippen molar-refractivity contribution in [3.8, 4) is 0 Å². The number of rotatable bonds is 3. The van der Waals surface area contributed by atoms with Crippen LogP contribution in [-0.4, -0.2) is 28.5 Å². The van der Waals surface area contributed by atoms with Gasteiger partial charge in [-0.2, -0.15) is 0 Å². The summed E-state index contributed by atoms with van der Waals surface area (Å²) in [5.74, 6) is -2.18. The fourth-order valence-electron chi connectivity index (χ4n) is 5.48. The monoisotopic (exact) mass is 474 g/mol. The number of carbonyl (C=O) groups excluding carboxylic acids is 3. The van der Waals surface area contributed by atoms with E-state index >= 15 is 0 Å². The Morgan fingerprint density at radius 1 is 1.00 bits per heavy atom. The molecule has 4 heterocycles. The Hall–Kier alpha value is -3.22. The number of halogens is 1. The van der Waals surface area contributed by atoms with Gasteiger partial charge in [-0.05, 0) is 53.3 Å². The highest BCUT2D eigenvalue weighted by molar-refractivity contribution is 7.12. The van der Waals surface area contributed by atoms with E-state index in [0.29, 0.717) is 15.6 Å². The van der Waals surface area contributed by atoms with Gasteiger partial charge in [0.05, 0.1) is 28.4 Å². The summed E-state index contributed by atoms with van der Waals surface area (Å²) in [6, 6.07) is 15.5. The first-order chi connectivity index (χ1) is 16.0. The van der Waals surface area contributed by atoms with E-state index in [0.717, 1.165) is 16.7 Å². The molecule has 2 fully saturated rings. The van der Waals surface area contributed by atoms with Crippen LogP contribution >= 0.6 is 22.9 Å². The maximum absolute atomic E-state index is 13.9. The molecule has 3 aliphatic heterocycles. The number of fused-ring (bicyclic) bond motifs is 5. The second-order valence-corrected chi connectivity index (χ2v) is 10.0. The predicted octanol–water partition coefficient (Wildman–Crippen LogP) is 5.11. The first kappa shape index (κ1) is 20.4. The number of imide groups is 1. The Morgan fingerprint density at radius 2 is 1.79 bits per heavy atom. The molecule has 3 aliphatic rings. The van der Waals surface area contributed by atoms with Crippen LogP contribution in [0.4, 0.5) is 5.69 Å². The number of benzene rings is 2. The van der Waals surface area contributed by atoms with Gasteiger partial charge in [0.1, 0.15) is 6.04 Å². The van der Waals surface area contributed by atoms with Crippen LogP contribution in [0.5, 0.6) is 0 Å². The molecule has 0 N–H and O–H groups in total. The van der Waals surface area contributed by atoms with Gasteiger partial charge >= 0.3 is 0 Å². The van der Waals surface area contributed by atoms with E-state index in [9.17, 15) is 14.4 Å². The molecular weight excluding hydrogens is 456 g/mol. The molecule has 33 heavy (non-hydrogen) atoms. The molecule has 0 spiro atoms. The van der Waals surface area contributed by atoms with Crippen molar-refractivity contribution in [1.82, 2.24) is 4.90 Å². The number of thiophene rings is 1. The molecule has 0 saturated carbocycles. The molecule has 0 aliphatic carbocycles. The quantitative estimate of drug-likeness (QED) is 0.391. The lowest BCUT2D eigenvalue weighted by molar-refractivity contribution is -0.123. The van der Waals surface area contributed by atoms with Crippen molar-refractivity contribution in [2.24, 2.45) is 11.8 Å². The molecule has 1 aromatic heterocycles. The summed E-state index contributed by atoms with van der Waals surface area (Å²) in [6.45, 7) is 1.85. The summed E-state index contributed by atoms with van der Waals surface area (Å²) in [5.41, 5.74) is 3.23. The van der Waals surface area contributed by atoms with E-state index in [1.54, 1.807) is 24.3 Å². The van der Waals surface area contributed by atoms with Gasteiger partial charge < -0.3 is 4.90 Å². The highest BCUT2D eigenvalue weighted by atomic mass is 35.5. The molecule has 164 valence electrons. The van der Waals surface area contributed by atoms with E-state index in [1.165, 1.54) is 16.2 Å². The molecule has 7 heteroatoms. The normalized spacial score (nSPS) is 25.3. The van der Waals surface area contributed by atoms with Crippen LogP contribution in [0.1, 0.15) is 32.4 Å². The van der Waals surface area contributed by atoms with Gasteiger partial charge in [-0.1, -0.05) is 48.0 Å². The standard InChI is InChI=1S/C26H19ClN2O3S/c1-14-8-9-16(27)13-18(14)29-25(31)20-21(26(29)32)23(24(30)19-7-4-12-33-19)28-11-10-15-5-2-3-6-17(15)22(20)28/h2-13,20-23H,1H3/t20-,21+,22-,23-/m0/s1. The highest BCUT2D eigenvalue weighted by Gasteiger charge is 2.64. The van der Waals surface area contributed by atoms with Crippen LogP contribution in [0.2, 0.25) is 5.02 Å². The molecular formula is C26H19ClN2O3S. The van der Waals surface area contributed by atoms with Gasteiger partial charge in [0.15, 0.2) is 5.78 Å². The lowest BCUT2D eigenvalue weighted by Gasteiger charge is -2.35. The van der Waals surface area contributed by atoms with Gasteiger partial charge in [-0.25, -0.2) is 4.90 Å². The van der Waals surface area contributed by atoms with Gasteiger partial charge in [0, 0.05) is 11.2 Å². The molecule has 2 saturated heterocycles. The summed E-state index contributed by atoms with van der Waals surface area (Å²) >= 11 is 7.57. The van der Waals surface area contributed by atoms with E-state index in [4.69, 9.17) is 11.6 Å². The molecule has 5 nitrogen and oxygen atoms in total. The largest absolute Gasteiger partial charge is 0.358 e. The first-order valence-corrected chi connectivity index (χ1v) is 12.0. The Kier molecular flexibility index (Phi) is 4.57. The van der Waals surface area contributed by atoms with E-state index in [-0.39, 0.29) is 23.6 Å². The summed E-state index contributed by atoms with van der Waals surface area (Å²) in [6.07, 6.45) is 3.83. The molecule has 3 aromatic rings. The second-order valence-electron chi connectivity index (χ2n) is 8.62. The predicted molar refractivity (Wildman–Crippen MR) is 128 cm³/mol. The van der Waals surface area contributed by atoms with Crippen LogP contribution < -0.4 is 4.90 Å². The Bertz CT molecular complexity index is 1350. The Labute approximate surface area is 199 Å². The van der Waals surface area contributed by atoms with Gasteiger partial charge in [-0.15, -0.1) is 11.3 Å². The van der Waals surface area contributed by atoms with E-state index < -0.39 is 17.9 Å². The average molecular weight is 475 g/mol. The fourth-order valence-corrected chi connectivity index (χ4v) is 6.35. The van der Waals surface area contributed by atoms with Crippen LogP contribution in [-0.2, 0) is 9.59 Å². The minimum absolute atomic E-state index is 0.127. The SMILES string of the molecule is Cc1ccc(Cl)cc1N1C(=O)[C@@H]2[C@H](C1=O)[C@@H]1c3ccccc3C=CN1[C@@H]2C(=O)c1cccs1. The number of aryl methyl sites for hydroxylation is 1. The first-order valence-electron chi connectivity index (χ1n) is 10.7. The number of hydrogen-bond acceptors (Lipinski definition) is 5.